The summed E-state index contributed by atoms with van der Waals surface area (Å²) in [4.78, 5) is 24.0. The number of amides is 2. The molecule has 0 aromatic heterocycles. The Morgan fingerprint density at radius 3 is 2.38 bits per heavy atom. The number of hydrogen-bond acceptors (Lipinski definition) is 3. The molecule has 0 aliphatic heterocycles. The van der Waals surface area contributed by atoms with E-state index >= 15 is 0 Å². The van der Waals surface area contributed by atoms with Crippen molar-refractivity contribution in [2.75, 3.05) is 23.7 Å². The molecule has 0 aliphatic rings. The predicted molar refractivity (Wildman–Crippen MR) is 106 cm³/mol. The highest BCUT2D eigenvalue weighted by molar-refractivity contribution is 9.10. The fourth-order valence-corrected chi connectivity index (χ4v) is 2.96. The summed E-state index contributed by atoms with van der Waals surface area (Å²) in [6.45, 7) is 1.54. The van der Waals surface area contributed by atoms with Crippen LogP contribution in [0.25, 0.3) is 0 Å². The van der Waals surface area contributed by atoms with Gasteiger partial charge in [0, 0.05) is 21.3 Å². The summed E-state index contributed by atoms with van der Waals surface area (Å²) in [5, 5.41) is 7.05. The van der Waals surface area contributed by atoms with Gasteiger partial charge < -0.3 is 16.0 Å². The minimum atomic E-state index is -4.58. The molecule has 0 heterocycles. The molecule has 10 heteroatoms. The van der Waals surface area contributed by atoms with Gasteiger partial charge in [-0.05, 0) is 59.6 Å². The molecule has 0 unspecified atom stereocenters. The number of carbonyl (C=O) groups excluding carboxylic acids is 2. The first-order chi connectivity index (χ1) is 13.5. The molecule has 0 bridgehead atoms. The number of rotatable bonds is 6. The number of anilines is 2. The summed E-state index contributed by atoms with van der Waals surface area (Å²) < 4.78 is 51.5. The molecule has 0 radical (unpaired) electrons. The molecule has 2 rings (SSSR count). The van der Waals surface area contributed by atoms with Crippen molar-refractivity contribution in [3.8, 4) is 0 Å². The molecule has 0 saturated carbocycles. The number of aryl methyl sites for hydroxylation is 1. The molecule has 29 heavy (non-hydrogen) atoms. The van der Waals surface area contributed by atoms with Gasteiger partial charge in [-0.15, -0.1) is 0 Å². The van der Waals surface area contributed by atoms with E-state index in [2.05, 4.69) is 26.6 Å². The molecule has 3 N–H and O–H groups in total. The van der Waals surface area contributed by atoms with Crippen molar-refractivity contribution in [1.29, 1.82) is 0 Å². The van der Waals surface area contributed by atoms with Gasteiger partial charge in [0.25, 0.3) is 5.91 Å². The highest BCUT2D eigenvalue weighted by Gasteiger charge is 2.28. The molecule has 2 amide bonds. The second kappa shape index (κ2) is 9.25. The Morgan fingerprint density at radius 2 is 1.76 bits per heavy atom. The third kappa shape index (κ3) is 6.74. The standard InChI is InChI=1S/C19H18BrF4N3O2/c1-10-3-4-15(13(20)5-10)27-17(28)8-25-16-7-12(6-14(21)11(16)2)18(29)26-9-19(22,23)24/h3-7,25H,8-9H2,1-2H3,(H,26,29)(H,27,28). The lowest BCUT2D eigenvalue weighted by molar-refractivity contribution is -0.123. The van der Waals surface area contributed by atoms with Crippen LogP contribution < -0.4 is 16.0 Å². The fourth-order valence-electron chi connectivity index (χ4n) is 2.37. The van der Waals surface area contributed by atoms with E-state index in [4.69, 9.17) is 0 Å². The lowest BCUT2D eigenvalue weighted by Gasteiger charge is -2.14. The molecule has 156 valence electrons. The lowest BCUT2D eigenvalue weighted by atomic mass is 10.1. The van der Waals surface area contributed by atoms with Gasteiger partial charge in [-0.25, -0.2) is 4.39 Å². The summed E-state index contributed by atoms with van der Waals surface area (Å²) in [6.07, 6.45) is -4.58. The first-order valence-corrected chi connectivity index (χ1v) is 9.20. The largest absolute Gasteiger partial charge is 0.405 e. The Labute approximate surface area is 173 Å². The summed E-state index contributed by atoms with van der Waals surface area (Å²) in [6, 6.07) is 7.39. The molecule has 0 atom stereocenters. The summed E-state index contributed by atoms with van der Waals surface area (Å²) in [5.41, 5.74) is 1.51. The number of nitrogens with one attached hydrogen (secondary N) is 3. The minimum Gasteiger partial charge on any atom is -0.376 e. The third-order valence-electron chi connectivity index (χ3n) is 3.89. The van der Waals surface area contributed by atoms with E-state index in [9.17, 15) is 27.2 Å². The molecule has 5 nitrogen and oxygen atoms in total. The maximum Gasteiger partial charge on any atom is 0.405 e. The number of halogens is 5. The molecule has 0 spiro atoms. The highest BCUT2D eigenvalue weighted by atomic mass is 79.9. The second-order valence-electron chi connectivity index (χ2n) is 6.31. The van der Waals surface area contributed by atoms with E-state index in [1.165, 1.54) is 13.0 Å². The fraction of sp³-hybridized carbons (Fsp3) is 0.263. The average molecular weight is 476 g/mol. The zero-order valence-corrected chi connectivity index (χ0v) is 17.1. The predicted octanol–water partition coefficient (Wildman–Crippen LogP) is 4.55. The number of alkyl halides is 3. The van der Waals surface area contributed by atoms with Gasteiger partial charge in [-0.2, -0.15) is 13.2 Å². The van der Waals surface area contributed by atoms with Crippen molar-refractivity contribution in [3.05, 3.63) is 57.3 Å². The lowest BCUT2D eigenvalue weighted by Crippen LogP contribution is -2.33. The average Bonchev–Trinajstić information content (AvgIpc) is 2.62. The van der Waals surface area contributed by atoms with Gasteiger partial charge in [0.15, 0.2) is 0 Å². The molecule has 0 aliphatic carbocycles. The number of hydrogen-bond donors (Lipinski definition) is 3. The van der Waals surface area contributed by atoms with Crippen LogP contribution in [0.3, 0.4) is 0 Å². The van der Waals surface area contributed by atoms with Crippen molar-refractivity contribution in [2.24, 2.45) is 0 Å². The Bertz CT molecular complexity index is 932. The number of benzene rings is 2. The van der Waals surface area contributed by atoms with Crippen LogP contribution in [-0.2, 0) is 4.79 Å². The van der Waals surface area contributed by atoms with E-state index in [0.717, 1.165) is 11.6 Å². The van der Waals surface area contributed by atoms with E-state index in [-0.39, 0.29) is 23.4 Å². The van der Waals surface area contributed by atoms with E-state index in [1.807, 2.05) is 19.1 Å². The van der Waals surface area contributed by atoms with E-state index < -0.39 is 30.4 Å². The quantitative estimate of drug-likeness (QED) is 0.536. The smallest absolute Gasteiger partial charge is 0.376 e. The molecule has 2 aromatic carbocycles. The minimum absolute atomic E-state index is 0.125. The zero-order chi connectivity index (χ0) is 21.8. The highest BCUT2D eigenvalue weighted by Crippen LogP contribution is 2.24. The molecule has 2 aromatic rings. The summed E-state index contributed by atoms with van der Waals surface area (Å²) in [7, 11) is 0. The van der Waals surface area contributed by atoms with Crippen LogP contribution in [0.15, 0.2) is 34.8 Å². The summed E-state index contributed by atoms with van der Waals surface area (Å²) >= 11 is 3.34. The first kappa shape index (κ1) is 22.7. The topological polar surface area (TPSA) is 70.2 Å². The maximum absolute atomic E-state index is 14.1. The van der Waals surface area contributed by atoms with Crippen LogP contribution in [0.1, 0.15) is 21.5 Å². The van der Waals surface area contributed by atoms with Crippen LogP contribution in [0.2, 0.25) is 0 Å². The van der Waals surface area contributed by atoms with Crippen molar-refractivity contribution < 1.29 is 27.2 Å². The van der Waals surface area contributed by atoms with Gasteiger partial charge in [0.1, 0.15) is 12.4 Å². The SMILES string of the molecule is Cc1ccc(NC(=O)CNc2cc(C(=O)NCC(F)(F)F)cc(F)c2C)c(Br)c1. The maximum atomic E-state index is 14.1. The summed E-state index contributed by atoms with van der Waals surface area (Å²) in [5.74, 6) is -2.28. The number of carbonyl (C=O) groups is 2. The van der Waals surface area contributed by atoms with E-state index in [0.29, 0.717) is 10.2 Å². The van der Waals surface area contributed by atoms with Crippen LogP contribution in [0.4, 0.5) is 28.9 Å². The molecular weight excluding hydrogens is 458 g/mol. The van der Waals surface area contributed by atoms with Crippen LogP contribution in [0.5, 0.6) is 0 Å². The van der Waals surface area contributed by atoms with Gasteiger partial charge in [-0.3, -0.25) is 9.59 Å². The van der Waals surface area contributed by atoms with Crippen LogP contribution >= 0.6 is 15.9 Å². The molecule has 0 fully saturated rings. The monoisotopic (exact) mass is 475 g/mol. The van der Waals surface area contributed by atoms with Crippen LogP contribution in [-0.4, -0.2) is 31.1 Å². The van der Waals surface area contributed by atoms with Gasteiger partial charge in [0.05, 0.1) is 12.2 Å². The van der Waals surface area contributed by atoms with Crippen LogP contribution in [0, 0.1) is 19.7 Å². The normalized spacial score (nSPS) is 11.1. The third-order valence-corrected chi connectivity index (χ3v) is 4.55. The molecule has 0 saturated heterocycles. The first-order valence-electron chi connectivity index (χ1n) is 8.41. The second-order valence-corrected chi connectivity index (χ2v) is 7.17. The van der Waals surface area contributed by atoms with Gasteiger partial charge >= 0.3 is 6.18 Å². The Balaban J connectivity index is 2.06. The van der Waals surface area contributed by atoms with Crippen molar-refractivity contribution >= 4 is 39.1 Å². The molecular formula is C19H18BrF4N3O2. The van der Waals surface area contributed by atoms with E-state index in [1.54, 1.807) is 11.4 Å². The van der Waals surface area contributed by atoms with Crippen molar-refractivity contribution in [2.45, 2.75) is 20.0 Å². The Morgan fingerprint density at radius 1 is 1.07 bits per heavy atom. The Kier molecular flexibility index (Phi) is 7.23. The van der Waals surface area contributed by atoms with Crippen molar-refractivity contribution in [1.82, 2.24) is 5.32 Å². The van der Waals surface area contributed by atoms with Gasteiger partial charge in [0.2, 0.25) is 5.91 Å². The Hall–Kier alpha value is -2.62. The van der Waals surface area contributed by atoms with Gasteiger partial charge in [-0.1, -0.05) is 6.07 Å². The zero-order valence-electron chi connectivity index (χ0n) is 15.5. The van der Waals surface area contributed by atoms with Crippen molar-refractivity contribution in [3.63, 3.8) is 0 Å².